The number of nitrogens with one attached hydrogen (secondary N) is 2. The number of fused-ring (bicyclic) bond motifs is 1. The summed E-state index contributed by atoms with van der Waals surface area (Å²) in [5.74, 6) is 3.82. The maximum Gasteiger partial charge on any atom is 0.296 e. The van der Waals surface area contributed by atoms with E-state index in [-0.39, 0.29) is 24.8 Å². The number of piperidine rings is 1. The molecule has 2 aliphatic heterocycles. The number of nitrogens with zero attached hydrogens (tertiary/aromatic N) is 2. The number of imide groups is 1. The monoisotopic (exact) mass is 416 g/mol. The first kappa shape index (κ1) is 20.3. The average Bonchev–Trinajstić information content (AvgIpc) is 3.07. The van der Waals surface area contributed by atoms with Crippen LogP contribution in [0, 0.1) is 18.8 Å². The van der Waals surface area contributed by atoms with Crippen molar-refractivity contribution in [1.82, 2.24) is 20.5 Å². The molecule has 0 saturated carbocycles. The van der Waals surface area contributed by atoms with Gasteiger partial charge in [-0.15, -0.1) is 0 Å². The van der Waals surface area contributed by atoms with Crippen LogP contribution in [0.4, 0.5) is 0 Å². The first-order valence-electron chi connectivity index (χ1n) is 9.89. The predicted octanol–water partition coefficient (Wildman–Crippen LogP) is 0.819. The molecular formula is C23H20N4O4. The highest BCUT2D eigenvalue weighted by atomic mass is 16.2. The molecule has 8 heteroatoms. The fourth-order valence-electron chi connectivity index (χ4n) is 3.63. The lowest BCUT2D eigenvalue weighted by atomic mass is 10.0. The average molecular weight is 416 g/mol. The van der Waals surface area contributed by atoms with Crippen LogP contribution >= 0.6 is 0 Å². The molecule has 4 amide bonds. The lowest BCUT2D eigenvalue weighted by Crippen LogP contribution is -2.52. The molecule has 1 atom stereocenters. The van der Waals surface area contributed by atoms with Gasteiger partial charge in [0.25, 0.3) is 11.8 Å². The minimum Gasteiger partial charge on any atom is -0.341 e. The van der Waals surface area contributed by atoms with Gasteiger partial charge in [-0.05, 0) is 48.1 Å². The molecule has 0 spiro atoms. The van der Waals surface area contributed by atoms with E-state index in [9.17, 15) is 19.2 Å². The van der Waals surface area contributed by atoms with Crippen molar-refractivity contribution in [2.45, 2.75) is 38.9 Å². The van der Waals surface area contributed by atoms with Crippen molar-refractivity contribution in [3.8, 4) is 11.8 Å². The topological polar surface area (TPSA) is 108 Å². The lowest BCUT2D eigenvalue weighted by molar-refractivity contribution is -0.137. The summed E-state index contributed by atoms with van der Waals surface area (Å²) in [4.78, 5) is 53.8. The van der Waals surface area contributed by atoms with E-state index in [4.69, 9.17) is 0 Å². The zero-order valence-corrected chi connectivity index (χ0v) is 16.9. The van der Waals surface area contributed by atoms with Gasteiger partial charge in [-0.25, -0.2) is 4.98 Å². The highest BCUT2D eigenvalue weighted by Gasteiger charge is 2.38. The van der Waals surface area contributed by atoms with E-state index < -0.39 is 17.9 Å². The molecule has 1 aromatic heterocycles. The Hall–Kier alpha value is -3.99. The van der Waals surface area contributed by atoms with E-state index in [1.807, 2.05) is 19.1 Å². The molecule has 0 bridgehead atoms. The highest BCUT2D eigenvalue weighted by molar-refractivity contribution is 6.05. The summed E-state index contributed by atoms with van der Waals surface area (Å²) in [5.41, 5.74) is 3.67. The smallest absolute Gasteiger partial charge is 0.296 e. The van der Waals surface area contributed by atoms with E-state index in [1.54, 1.807) is 24.4 Å². The van der Waals surface area contributed by atoms with Gasteiger partial charge in [-0.3, -0.25) is 24.5 Å². The fourth-order valence-corrected chi connectivity index (χ4v) is 3.63. The Labute approximate surface area is 179 Å². The Kier molecular flexibility index (Phi) is 5.50. The molecular weight excluding hydrogens is 396 g/mol. The molecule has 2 aromatic rings. The Balaban J connectivity index is 1.38. The maximum atomic E-state index is 12.7. The molecule has 156 valence electrons. The first-order valence-corrected chi connectivity index (χ1v) is 9.89. The fraction of sp³-hybridized carbons (Fsp3) is 0.261. The number of benzene rings is 1. The number of hydrogen-bond donors (Lipinski definition) is 2. The molecule has 8 nitrogen and oxygen atoms in total. The van der Waals surface area contributed by atoms with Crippen molar-refractivity contribution in [3.05, 3.63) is 64.5 Å². The number of hydrogen-bond acceptors (Lipinski definition) is 5. The Bertz CT molecular complexity index is 1140. The van der Waals surface area contributed by atoms with Gasteiger partial charge in [0.15, 0.2) is 0 Å². The molecule has 0 aliphatic carbocycles. The van der Waals surface area contributed by atoms with Gasteiger partial charge in [0, 0.05) is 37.2 Å². The number of amides is 4. The predicted molar refractivity (Wildman–Crippen MR) is 110 cm³/mol. The third-order valence-electron chi connectivity index (χ3n) is 5.26. The van der Waals surface area contributed by atoms with Crippen LogP contribution in [0.2, 0.25) is 0 Å². The van der Waals surface area contributed by atoms with Crippen LogP contribution in [0.5, 0.6) is 0 Å². The van der Waals surface area contributed by atoms with Gasteiger partial charge in [0.2, 0.25) is 11.8 Å². The van der Waals surface area contributed by atoms with Crippen LogP contribution in [0.15, 0.2) is 36.5 Å². The van der Waals surface area contributed by atoms with Crippen molar-refractivity contribution in [1.29, 1.82) is 0 Å². The number of carbonyl (C=O) groups is 4. The summed E-state index contributed by atoms with van der Waals surface area (Å²) >= 11 is 0. The second-order valence-electron chi connectivity index (χ2n) is 7.54. The zero-order valence-electron chi connectivity index (χ0n) is 16.9. The number of carbonyl (C=O) groups excluding carboxylic acids is 4. The number of aromatic nitrogens is 1. The zero-order chi connectivity index (χ0) is 22.0. The molecule has 1 aromatic carbocycles. The SMILES string of the molecule is Cc1ccc(C#CC(=O)NCc2ccc3c(c2)CN(C2CCC(=O)NC2=O)C3=O)nc1. The third-order valence-corrected chi connectivity index (χ3v) is 5.26. The molecule has 1 unspecified atom stereocenters. The number of rotatable bonds is 3. The van der Waals surface area contributed by atoms with Gasteiger partial charge in [-0.1, -0.05) is 18.2 Å². The first-order chi connectivity index (χ1) is 14.9. The minimum absolute atomic E-state index is 0.215. The Morgan fingerprint density at radius 1 is 1.26 bits per heavy atom. The van der Waals surface area contributed by atoms with E-state index in [0.717, 1.165) is 16.7 Å². The van der Waals surface area contributed by atoms with Crippen LogP contribution < -0.4 is 10.6 Å². The minimum atomic E-state index is -0.647. The van der Waals surface area contributed by atoms with Crippen LogP contribution in [-0.2, 0) is 27.5 Å². The summed E-state index contributed by atoms with van der Waals surface area (Å²) in [6.07, 6.45) is 2.22. The third kappa shape index (κ3) is 4.46. The highest BCUT2D eigenvalue weighted by Crippen LogP contribution is 2.28. The van der Waals surface area contributed by atoms with Crippen molar-refractivity contribution in [2.24, 2.45) is 0 Å². The van der Waals surface area contributed by atoms with Crippen LogP contribution in [-0.4, -0.2) is 39.6 Å². The quantitative estimate of drug-likeness (QED) is 0.569. The lowest BCUT2D eigenvalue weighted by Gasteiger charge is -2.29. The summed E-state index contributed by atoms with van der Waals surface area (Å²) in [6, 6.07) is 8.29. The van der Waals surface area contributed by atoms with Gasteiger partial charge in [0.05, 0.1) is 0 Å². The second-order valence-corrected chi connectivity index (χ2v) is 7.54. The normalized spacial score (nSPS) is 17.5. The molecule has 4 rings (SSSR count). The van der Waals surface area contributed by atoms with Crippen LogP contribution in [0.3, 0.4) is 0 Å². The molecule has 2 aliphatic rings. The van der Waals surface area contributed by atoms with Crippen molar-refractivity contribution < 1.29 is 19.2 Å². The van der Waals surface area contributed by atoms with Crippen molar-refractivity contribution in [2.75, 3.05) is 0 Å². The Morgan fingerprint density at radius 3 is 2.84 bits per heavy atom. The largest absolute Gasteiger partial charge is 0.341 e. The molecule has 3 heterocycles. The van der Waals surface area contributed by atoms with Crippen molar-refractivity contribution >= 4 is 23.6 Å². The molecule has 31 heavy (non-hydrogen) atoms. The molecule has 2 N–H and O–H groups in total. The molecule has 0 radical (unpaired) electrons. The summed E-state index contributed by atoms with van der Waals surface area (Å²) in [7, 11) is 0. The maximum absolute atomic E-state index is 12.7. The number of pyridine rings is 1. The van der Waals surface area contributed by atoms with Gasteiger partial charge >= 0.3 is 0 Å². The van der Waals surface area contributed by atoms with E-state index in [1.165, 1.54) is 4.90 Å². The Morgan fingerprint density at radius 2 is 2.10 bits per heavy atom. The van der Waals surface area contributed by atoms with E-state index >= 15 is 0 Å². The van der Waals surface area contributed by atoms with Crippen molar-refractivity contribution in [3.63, 3.8) is 0 Å². The molecule has 1 saturated heterocycles. The second kappa shape index (κ2) is 8.40. The van der Waals surface area contributed by atoms with Gasteiger partial charge < -0.3 is 10.2 Å². The van der Waals surface area contributed by atoms with Crippen LogP contribution in [0.25, 0.3) is 0 Å². The summed E-state index contributed by atoms with van der Waals surface area (Å²) in [5, 5.41) is 5.02. The number of aryl methyl sites for hydroxylation is 1. The van der Waals surface area contributed by atoms with Gasteiger partial charge in [-0.2, -0.15) is 0 Å². The van der Waals surface area contributed by atoms with E-state index in [0.29, 0.717) is 24.2 Å². The van der Waals surface area contributed by atoms with E-state index in [2.05, 4.69) is 27.5 Å². The van der Waals surface area contributed by atoms with Crippen LogP contribution in [0.1, 0.15) is 45.6 Å². The standard InChI is InChI=1S/C23H20N4O4/c1-14-2-4-17(24-11-14)5-8-20(28)25-12-15-3-6-18-16(10-15)13-27(23(18)31)19-7-9-21(29)26-22(19)30/h2-4,6,10-11,19H,7,9,12-13H2,1H3,(H,25,28)(H,26,29,30). The molecule has 1 fully saturated rings. The summed E-state index contributed by atoms with van der Waals surface area (Å²) < 4.78 is 0. The van der Waals surface area contributed by atoms with Gasteiger partial charge in [0.1, 0.15) is 11.7 Å². The summed E-state index contributed by atoms with van der Waals surface area (Å²) in [6.45, 7) is 2.47.